The van der Waals surface area contributed by atoms with E-state index in [4.69, 9.17) is 10.5 Å². The summed E-state index contributed by atoms with van der Waals surface area (Å²) in [5.41, 5.74) is 5.31. The first-order valence-corrected chi connectivity index (χ1v) is 6.19. The molecule has 0 fully saturated rings. The van der Waals surface area contributed by atoms with Crippen molar-refractivity contribution in [3.63, 3.8) is 0 Å². The first kappa shape index (κ1) is 14.0. The lowest BCUT2D eigenvalue weighted by atomic mass is 10.0. The van der Waals surface area contributed by atoms with Crippen LogP contribution >= 0.6 is 15.9 Å². The first-order valence-electron chi connectivity index (χ1n) is 5.40. The van der Waals surface area contributed by atoms with Crippen molar-refractivity contribution < 1.29 is 9.53 Å². The molecule has 0 aliphatic carbocycles. The fraction of sp³-hybridized carbons (Fsp3) is 0.417. The third-order valence-electron chi connectivity index (χ3n) is 2.42. The van der Waals surface area contributed by atoms with Gasteiger partial charge in [0, 0.05) is 16.8 Å². The number of primary amides is 1. The van der Waals surface area contributed by atoms with Gasteiger partial charge in [-0.15, -0.1) is 0 Å². The van der Waals surface area contributed by atoms with E-state index < -0.39 is 11.4 Å². The molecular formula is C12H17BrN2O2. The Hall–Kier alpha value is -1.07. The predicted molar refractivity (Wildman–Crippen MR) is 71.9 cm³/mol. The molecule has 0 aliphatic heterocycles. The monoisotopic (exact) mass is 300 g/mol. The summed E-state index contributed by atoms with van der Waals surface area (Å²) in [4.78, 5) is 11.5. The number of amides is 1. The number of hydrogen-bond acceptors (Lipinski definition) is 3. The molecule has 1 rings (SSSR count). The van der Waals surface area contributed by atoms with Crippen LogP contribution in [-0.2, 0) is 9.53 Å². The summed E-state index contributed by atoms with van der Waals surface area (Å²) >= 11 is 3.41. The summed E-state index contributed by atoms with van der Waals surface area (Å²) in [7, 11) is 0. The summed E-state index contributed by atoms with van der Waals surface area (Å²) in [5.74, 6) is -0.443. The van der Waals surface area contributed by atoms with Crippen molar-refractivity contribution in [2.75, 3.05) is 18.5 Å². The molecule has 94 valence electrons. The summed E-state index contributed by atoms with van der Waals surface area (Å²) in [6.45, 7) is 4.38. The summed E-state index contributed by atoms with van der Waals surface area (Å²) in [6.07, 6.45) is 0. The van der Waals surface area contributed by atoms with Crippen LogP contribution in [0.5, 0.6) is 0 Å². The van der Waals surface area contributed by atoms with Gasteiger partial charge in [0.1, 0.15) is 5.54 Å². The Labute approximate surface area is 110 Å². The Morgan fingerprint density at radius 1 is 1.53 bits per heavy atom. The van der Waals surface area contributed by atoms with Gasteiger partial charge in [-0.3, -0.25) is 4.79 Å². The number of ether oxygens (including phenoxy) is 1. The summed E-state index contributed by atoms with van der Waals surface area (Å²) < 4.78 is 6.17. The van der Waals surface area contributed by atoms with Crippen molar-refractivity contribution in [3.8, 4) is 0 Å². The van der Waals surface area contributed by atoms with Crippen LogP contribution in [0.2, 0.25) is 0 Å². The van der Waals surface area contributed by atoms with Gasteiger partial charge in [0.15, 0.2) is 0 Å². The average Bonchev–Trinajstić information content (AvgIpc) is 2.29. The van der Waals surface area contributed by atoms with E-state index in [1.807, 2.05) is 31.2 Å². The molecule has 0 saturated carbocycles. The van der Waals surface area contributed by atoms with Gasteiger partial charge in [-0.1, -0.05) is 12.1 Å². The van der Waals surface area contributed by atoms with E-state index in [9.17, 15) is 4.79 Å². The molecule has 1 unspecified atom stereocenters. The predicted octanol–water partition coefficient (Wildman–Crippen LogP) is 2.14. The quantitative estimate of drug-likeness (QED) is 0.846. The Morgan fingerprint density at radius 3 is 2.71 bits per heavy atom. The van der Waals surface area contributed by atoms with Gasteiger partial charge >= 0.3 is 0 Å². The van der Waals surface area contributed by atoms with E-state index in [1.54, 1.807) is 6.92 Å². The number of nitrogens with two attached hydrogens (primary N) is 1. The van der Waals surface area contributed by atoms with E-state index in [0.717, 1.165) is 10.2 Å². The molecule has 1 amide bonds. The zero-order valence-electron chi connectivity index (χ0n) is 10.00. The molecular weight excluding hydrogens is 284 g/mol. The lowest BCUT2D eigenvalue weighted by Gasteiger charge is -2.28. The maximum Gasteiger partial charge on any atom is 0.245 e. The number of para-hydroxylation sites is 1. The molecule has 0 heterocycles. The second-order valence-corrected chi connectivity index (χ2v) is 4.79. The SMILES string of the molecule is CCOCC(C)(Nc1ccccc1Br)C(N)=O. The Balaban J connectivity index is 2.87. The lowest BCUT2D eigenvalue weighted by molar-refractivity contribution is -0.123. The molecule has 0 spiro atoms. The van der Waals surface area contributed by atoms with E-state index in [2.05, 4.69) is 21.2 Å². The Bertz CT molecular complexity index is 398. The number of anilines is 1. The molecule has 17 heavy (non-hydrogen) atoms. The van der Waals surface area contributed by atoms with Gasteiger partial charge in [-0.2, -0.15) is 0 Å². The van der Waals surface area contributed by atoms with Crippen molar-refractivity contribution in [2.24, 2.45) is 5.73 Å². The van der Waals surface area contributed by atoms with E-state index in [0.29, 0.717) is 6.61 Å². The number of nitrogens with one attached hydrogen (secondary N) is 1. The Morgan fingerprint density at radius 2 is 2.18 bits per heavy atom. The van der Waals surface area contributed by atoms with Crippen LogP contribution in [0.15, 0.2) is 28.7 Å². The van der Waals surface area contributed by atoms with Crippen LogP contribution in [0, 0.1) is 0 Å². The molecule has 3 N–H and O–H groups in total. The fourth-order valence-corrected chi connectivity index (χ4v) is 1.72. The van der Waals surface area contributed by atoms with E-state index in [-0.39, 0.29) is 6.61 Å². The largest absolute Gasteiger partial charge is 0.379 e. The maximum absolute atomic E-state index is 11.5. The highest BCUT2D eigenvalue weighted by Gasteiger charge is 2.31. The number of benzene rings is 1. The molecule has 4 nitrogen and oxygen atoms in total. The number of carbonyl (C=O) groups is 1. The molecule has 0 bridgehead atoms. The van der Waals surface area contributed by atoms with Gasteiger partial charge < -0.3 is 15.8 Å². The van der Waals surface area contributed by atoms with Crippen LogP contribution in [0.4, 0.5) is 5.69 Å². The fourth-order valence-electron chi connectivity index (χ4n) is 1.33. The second kappa shape index (κ2) is 6.02. The normalized spacial score (nSPS) is 14.1. The smallest absolute Gasteiger partial charge is 0.245 e. The van der Waals surface area contributed by atoms with Crippen LogP contribution in [0.25, 0.3) is 0 Å². The zero-order valence-corrected chi connectivity index (χ0v) is 11.6. The molecule has 0 radical (unpaired) electrons. The maximum atomic E-state index is 11.5. The van der Waals surface area contributed by atoms with Crippen molar-refractivity contribution >= 4 is 27.5 Å². The van der Waals surface area contributed by atoms with Gasteiger partial charge in [-0.05, 0) is 41.9 Å². The summed E-state index contributed by atoms with van der Waals surface area (Å²) in [6, 6.07) is 7.55. The van der Waals surface area contributed by atoms with Crippen molar-refractivity contribution in [2.45, 2.75) is 19.4 Å². The Kier molecular flexibility index (Phi) is 4.96. The minimum absolute atomic E-state index is 0.236. The number of halogens is 1. The standard InChI is InChI=1S/C12H17BrN2O2/c1-3-17-8-12(2,11(14)16)15-10-7-5-4-6-9(10)13/h4-7,15H,3,8H2,1-2H3,(H2,14,16). The molecule has 1 atom stereocenters. The topological polar surface area (TPSA) is 64.3 Å². The minimum atomic E-state index is -0.917. The summed E-state index contributed by atoms with van der Waals surface area (Å²) in [5, 5.41) is 3.11. The van der Waals surface area contributed by atoms with E-state index >= 15 is 0 Å². The van der Waals surface area contributed by atoms with Crippen molar-refractivity contribution in [1.82, 2.24) is 0 Å². The van der Waals surface area contributed by atoms with Gasteiger partial charge in [0.05, 0.1) is 6.61 Å². The van der Waals surface area contributed by atoms with Crippen molar-refractivity contribution in [3.05, 3.63) is 28.7 Å². The molecule has 0 saturated heterocycles. The second-order valence-electron chi connectivity index (χ2n) is 3.94. The van der Waals surface area contributed by atoms with Gasteiger partial charge in [0.2, 0.25) is 5.91 Å². The highest BCUT2D eigenvalue weighted by atomic mass is 79.9. The first-order chi connectivity index (χ1) is 7.99. The lowest BCUT2D eigenvalue weighted by Crippen LogP contribution is -2.51. The van der Waals surface area contributed by atoms with Gasteiger partial charge in [-0.25, -0.2) is 0 Å². The molecule has 1 aromatic carbocycles. The van der Waals surface area contributed by atoms with Crippen LogP contribution in [0.1, 0.15) is 13.8 Å². The molecule has 5 heteroatoms. The highest BCUT2D eigenvalue weighted by Crippen LogP contribution is 2.24. The van der Waals surface area contributed by atoms with E-state index in [1.165, 1.54) is 0 Å². The zero-order chi connectivity index (χ0) is 12.9. The third-order valence-corrected chi connectivity index (χ3v) is 3.11. The molecule has 0 aromatic heterocycles. The highest BCUT2D eigenvalue weighted by molar-refractivity contribution is 9.10. The molecule has 0 aliphatic rings. The van der Waals surface area contributed by atoms with Crippen molar-refractivity contribution in [1.29, 1.82) is 0 Å². The number of carbonyl (C=O) groups excluding carboxylic acids is 1. The van der Waals surface area contributed by atoms with Gasteiger partial charge in [0.25, 0.3) is 0 Å². The average molecular weight is 301 g/mol. The number of rotatable bonds is 6. The van der Waals surface area contributed by atoms with Crippen LogP contribution in [-0.4, -0.2) is 24.7 Å². The van der Waals surface area contributed by atoms with Crippen LogP contribution in [0.3, 0.4) is 0 Å². The number of hydrogen-bond donors (Lipinski definition) is 2. The third kappa shape index (κ3) is 3.71. The van der Waals surface area contributed by atoms with Crippen LogP contribution < -0.4 is 11.1 Å². The minimum Gasteiger partial charge on any atom is -0.379 e. The molecule has 1 aromatic rings.